The molecule has 0 amide bonds. The van der Waals surface area contributed by atoms with Gasteiger partial charge in [-0.05, 0) is 18.2 Å². The first-order valence-electron chi connectivity index (χ1n) is 5.93. The molecule has 0 bridgehead atoms. The van der Waals surface area contributed by atoms with E-state index in [2.05, 4.69) is 0 Å². The van der Waals surface area contributed by atoms with Crippen LogP contribution in [-0.2, 0) is 12.8 Å². The summed E-state index contributed by atoms with van der Waals surface area (Å²) in [5.41, 5.74) is -3.92. The van der Waals surface area contributed by atoms with Crippen molar-refractivity contribution < 1.29 is 35.5 Å². The molecule has 0 N–H and O–H groups in total. The lowest BCUT2D eigenvalue weighted by Gasteiger charge is -2.14. The number of halogens is 8. The third kappa shape index (κ3) is 3.52. The van der Waals surface area contributed by atoms with Gasteiger partial charge in [0.2, 0.25) is 0 Å². The van der Waals surface area contributed by atoms with E-state index in [-0.39, 0.29) is 10.8 Å². The van der Waals surface area contributed by atoms with E-state index in [0.717, 1.165) is 0 Å². The Morgan fingerprint density at radius 3 is 1.96 bits per heavy atom. The largest absolute Gasteiger partial charge is 0.489 e. The Kier molecular flexibility index (Phi) is 4.74. The molecular formula is C14H6ClF7O. The first-order valence-corrected chi connectivity index (χ1v) is 6.31. The Balaban J connectivity index is 2.41. The molecule has 0 spiro atoms. The second-order valence-corrected chi connectivity index (χ2v) is 4.79. The number of hydrogen-bond acceptors (Lipinski definition) is 1. The van der Waals surface area contributed by atoms with Gasteiger partial charge in [0.25, 0.3) is 0 Å². The Bertz CT molecular complexity index is 714. The predicted octanol–water partition coefficient (Wildman–Crippen LogP) is 5.49. The lowest BCUT2D eigenvalue weighted by atomic mass is 10.1. The minimum atomic E-state index is -5.58. The maximum absolute atomic E-state index is 13.6. The van der Waals surface area contributed by atoms with Gasteiger partial charge in [-0.15, -0.1) is 0 Å². The zero-order valence-electron chi connectivity index (χ0n) is 10.9. The minimum Gasteiger partial charge on any atom is -0.489 e. The maximum Gasteiger partial charge on any atom is 0.422 e. The normalized spacial score (nSPS) is 11.7. The molecule has 23 heavy (non-hydrogen) atoms. The van der Waals surface area contributed by atoms with Gasteiger partial charge in [0, 0.05) is 5.02 Å². The molecule has 0 radical (unpaired) electrons. The van der Waals surface area contributed by atoms with Crippen LogP contribution in [0.4, 0.5) is 30.7 Å². The standard InChI is InChI=1S/C14H6ClF7O/c15-6-2-1-3-7(4-6)23-5-8-10(16)12(18)9(14(20,21)22)13(19)11(8)17/h1-4H,5H2. The van der Waals surface area contributed by atoms with Crippen LogP contribution >= 0.6 is 11.6 Å². The van der Waals surface area contributed by atoms with Gasteiger partial charge in [0.05, 0.1) is 5.56 Å². The molecule has 124 valence electrons. The van der Waals surface area contributed by atoms with Crippen molar-refractivity contribution in [1.29, 1.82) is 0 Å². The Hall–Kier alpha value is -1.96. The average molecular weight is 359 g/mol. The third-order valence-electron chi connectivity index (χ3n) is 2.82. The van der Waals surface area contributed by atoms with E-state index in [1.807, 2.05) is 0 Å². The van der Waals surface area contributed by atoms with Crippen LogP contribution < -0.4 is 4.74 Å². The molecule has 2 aromatic rings. The van der Waals surface area contributed by atoms with Crippen LogP contribution in [0.25, 0.3) is 0 Å². The first-order chi connectivity index (χ1) is 10.6. The van der Waals surface area contributed by atoms with Crippen molar-refractivity contribution in [2.75, 3.05) is 0 Å². The van der Waals surface area contributed by atoms with Crippen LogP contribution in [-0.4, -0.2) is 0 Å². The molecule has 0 saturated heterocycles. The van der Waals surface area contributed by atoms with Gasteiger partial charge in [-0.25, -0.2) is 17.6 Å². The van der Waals surface area contributed by atoms with Crippen molar-refractivity contribution in [3.63, 3.8) is 0 Å². The molecule has 0 aromatic heterocycles. The van der Waals surface area contributed by atoms with E-state index < -0.39 is 47.2 Å². The maximum atomic E-state index is 13.6. The molecule has 0 heterocycles. The minimum absolute atomic E-state index is 0.0111. The van der Waals surface area contributed by atoms with Gasteiger partial charge >= 0.3 is 6.18 Å². The summed E-state index contributed by atoms with van der Waals surface area (Å²) in [5, 5.41) is 0.216. The molecule has 0 aliphatic rings. The van der Waals surface area contributed by atoms with Crippen molar-refractivity contribution in [3.8, 4) is 5.75 Å². The number of benzene rings is 2. The highest BCUT2D eigenvalue weighted by Crippen LogP contribution is 2.37. The fourth-order valence-corrected chi connectivity index (χ4v) is 1.95. The molecule has 1 nitrogen and oxygen atoms in total. The van der Waals surface area contributed by atoms with Crippen LogP contribution in [0.1, 0.15) is 11.1 Å². The highest BCUT2D eigenvalue weighted by Gasteiger charge is 2.42. The topological polar surface area (TPSA) is 9.23 Å². The van der Waals surface area contributed by atoms with Crippen molar-refractivity contribution in [2.45, 2.75) is 12.8 Å². The van der Waals surface area contributed by atoms with E-state index in [0.29, 0.717) is 0 Å². The highest BCUT2D eigenvalue weighted by atomic mass is 35.5. The van der Waals surface area contributed by atoms with Gasteiger partial charge in [-0.2, -0.15) is 13.2 Å². The van der Waals surface area contributed by atoms with E-state index in [9.17, 15) is 30.7 Å². The van der Waals surface area contributed by atoms with Crippen molar-refractivity contribution >= 4 is 11.6 Å². The quantitative estimate of drug-likeness (QED) is 0.520. The summed E-state index contributed by atoms with van der Waals surface area (Å²) in [7, 11) is 0. The molecule has 0 aliphatic heterocycles. The molecule has 0 saturated carbocycles. The Labute approximate surface area is 130 Å². The van der Waals surface area contributed by atoms with E-state index in [1.165, 1.54) is 24.3 Å². The fourth-order valence-electron chi connectivity index (χ4n) is 1.77. The predicted molar refractivity (Wildman–Crippen MR) is 67.1 cm³/mol. The lowest BCUT2D eigenvalue weighted by Crippen LogP contribution is -2.18. The molecular weight excluding hydrogens is 353 g/mol. The van der Waals surface area contributed by atoms with Crippen molar-refractivity contribution in [2.24, 2.45) is 0 Å². The van der Waals surface area contributed by atoms with Crippen LogP contribution in [0.3, 0.4) is 0 Å². The number of ether oxygens (including phenoxy) is 1. The van der Waals surface area contributed by atoms with Gasteiger partial charge < -0.3 is 4.74 Å². The van der Waals surface area contributed by atoms with E-state index in [4.69, 9.17) is 16.3 Å². The fraction of sp³-hybridized carbons (Fsp3) is 0.143. The summed E-state index contributed by atoms with van der Waals surface area (Å²) in [4.78, 5) is 0. The molecule has 0 atom stereocenters. The molecule has 0 aliphatic carbocycles. The van der Waals surface area contributed by atoms with E-state index >= 15 is 0 Å². The average Bonchev–Trinajstić information content (AvgIpc) is 2.44. The second kappa shape index (κ2) is 6.27. The van der Waals surface area contributed by atoms with Crippen molar-refractivity contribution in [3.05, 3.63) is 63.7 Å². The van der Waals surface area contributed by atoms with Gasteiger partial charge in [0.1, 0.15) is 17.9 Å². The summed E-state index contributed by atoms with van der Waals surface area (Å²) in [6, 6.07) is 5.47. The monoisotopic (exact) mass is 358 g/mol. The zero-order valence-corrected chi connectivity index (χ0v) is 11.7. The number of hydrogen-bond donors (Lipinski definition) is 0. The molecule has 0 fully saturated rings. The zero-order chi connectivity index (χ0) is 17.4. The lowest BCUT2D eigenvalue weighted by molar-refractivity contribution is -0.143. The van der Waals surface area contributed by atoms with Crippen LogP contribution in [0.15, 0.2) is 24.3 Å². The summed E-state index contributed by atoms with van der Waals surface area (Å²) >= 11 is 5.64. The van der Waals surface area contributed by atoms with Crippen molar-refractivity contribution in [1.82, 2.24) is 0 Å². The summed E-state index contributed by atoms with van der Waals surface area (Å²) in [6.45, 7) is -1.02. The first kappa shape index (κ1) is 17.4. The van der Waals surface area contributed by atoms with Gasteiger partial charge in [-0.1, -0.05) is 17.7 Å². The number of alkyl halides is 3. The molecule has 9 heteroatoms. The molecule has 2 rings (SSSR count). The van der Waals surface area contributed by atoms with Crippen LogP contribution in [0, 0.1) is 23.3 Å². The van der Waals surface area contributed by atoms with Crippen LogP contribution in [0.2, 0.25) is 5.02 Å². The SMILES string of the molecule is Fc1c(F)c(C(F)(F)F)c(F)c(F)c1COc1cccc(Cl)c1. The van der Waals surface area contributed by atoms with Crippen LogP contribution in [0.5, 0.6) is 5.75 Å². The summed E-state index contributed by atoms with van der Waals surface area (Å²) in [6.07, 6.45) is -5.58. The highest BCUT2D eigenvalue weighted by molar-refractivity contribution is 6.30. The second-order valence-electron chi connectivity index (χ2n) is 4.35. The third-order valence-corrected chi connectivity index (χ3v) is 3.05. The molecule has 2 aromatic carbocycles. The van der Waals surface area contributed by atoms with E-state index in [1.54, 1.807) is 0 Å². The molecule has 0 unspecified atom stereocenters. The van der Waals surface area contributed by atoms with Gasteiger partial charge in [0.15, 0.2) is 23.3 Å². The van der Waals surface area contributed by atoms with Gasteiger partial charge in [-0.3, -0.25) is 0 Å². The summed E-state index contributed by atoms with van der Waals surface area (Å²) < 4.78 is 96.3. The number of rotatable bonds is 3. The Morgan fingerprint density at radius 1 is 0.913 bits per heavy atom. The Morgan fingerprint density at radius 2 is 1.48 bits per heavy atom. The smallest absolute Gasteiger partial charge is 0.422 e. The summed E-state index contributed by atoms with van der Waals surface area (Å²) in [5.74, 6) is -9.38.